The average molecular weight is 373 g/mol. The molecular weight excluding hydrogens is 358 g/mol. The minimum Gasteiger partial charge on any atom is -0.466 e. The molecule has 2 aliphatic heterocycles. The lowest BCUT2D eigenvalue weighted by Crippen LogP contribution is -2.33. The van der Waals surface area contributed by atoms with Gasteiger partial charge in [-0.25, -0.2) is 9.18 Å². The Hall–Kier alpha value is -2.39. The summed E-state index contributed by atoms with van der Waals surface area (Å²) in [6, 6.07) is 4.64. The largest absolute Gasteiger partial charge is 0.466 e. The monoisotopic (exact) mass is 373 g/mol. The lowest BCUT2D eigenvalue weighted by molar-refractivity contribution is -0.139. The van der Waals surface area contributed by atoms with E-state index in [-0.39, 0.29) is 34.7 Å². The molecule has 0 fully saturated rings. The number of hydrogen-bond acceptors (Lipinski definition) is 5. The second-order valence-electron chi connectivity index (χ2n) is 5.76. The Balaban J connectivity index is 2.28. The fourth-order valence-corrected chi connectivity index (χ4v) is 3.28. The number of aliphatic hydroxyl groups is 1. The third-order valence-electron chi connectivity index (χ3n) is 4.34. The van der Waals surface area contributed by atoms with Crippen LogP contribution in [-0.4, -0.2) is 37.8 Å². The number of dihydropyridines is 1. The number of rotatable bonds is 3. The summed E-state index contributed by atoms with van der Waals surface area (Å²) < 4.78 is 63.8. The van der Waals surface area contributed by atoms with Gasteiger partial charge in [-0.15, -0.1) is 0 Å². The summed E-state index contributed by atoms with van der Waals surface area (Å²) in [6.07, 6.45) is -6.23. The van der Waals surface area contributed by atoms with Crippen molar-refractivity contribution in [3.05, 3.63) is 57.9 Å². The third-order valence-corrected chi connectivity index (χ3v) is 4.34. The van der Waals surface area contributed by atoms with Crippen LogP contribution in [0.25, 0.3) is 0 Å². The molecule has 2 aliphatic rings. The van der Waals surface area contributed by atoms with Gasteiger partial charge < -0.3 is 19.9 Å². The number of carbonyl (C=O) groups is 1. The fraction of sp³-hybridized carbons (Fsp3) is 0.353. The first-order valence-electron chi connectivity index (χ1n) is 7.62. The molecule has 5 nitrogen and oxygen atoms in total. The molecule has 0 radical (unpaired) electrons. The van der Waals surface area contributed by atoms with Gasteiger partial charge in [0.1, 0.15) is 6.67 Å². The van der Waals surface area contributed by atoms with Gasteiger partial charge in [-0.2, -0.15) is 13.2 Å². The van der Waals surface area contributed by atoms with E-state index in [1.54, 1.807) is 0 Å². The summed E-state index contributed by atoms with van der Waals surface area (Å²) in [7, 11) is 1.05. The molecule has 140 valence electrons. The van der Waals surface area contributed by atoms with E-state index < -0.39 is 36.6 Å². The number of esters is 1. The van der Waals surface area contributed by atoms with Crippen LogP contribution < -0.4 is 5.32 Å². The summed E-state index contributed by atoms with van der Waals surface area (Å²) in [5.41, 5.74) is -1.54. The molecule has 2 heterocycles. The predicted molar refractivity (Wildman–Crippen MR) is 81.3 cm³/mol. The highest BCUT2D eigenvalue weighted by Gasteiger charge is 2.45. The van der Waals surface area contributed by atoms with Crippen LogP contribution in [0.15, 0.2) is 46.8 Å². The van der Waals surface area contributed by atoms with Crippen molar-refractivity contribution in [2.24, 2.45) is 0 Å². The van der Waals surface area contributed by atoms with Gasteiger partial charge in [-0.1, -0.05) is 18.2 Å². The predicted octanol–water partition coefficient (Wildman–Crippen LogP) is 2.39. The molecule has 0 saturated heterocycles. The second kappa shape index (κ2) is 6.73. The minimum absolute atomic E-state index is 0.0410. The number of benzene rings is 1. The smallest absolute Gasteiger partial charge is 0.416 e. The lowest BCUT2D eigenvalue weighted by atomic mass is 9.78. The molecule has 26 heavy (non-hydrogen) atoms. The van der Waals surface area contributed by atoms with E-state index in [1.807, 2.05) is 0 Å². The lowest BCUT2D eigenvalue weighted by Gasteiger charge is -2.31. The quantitative estimate of drug-likeness (QED) is 0.629. The van der Waals surface area contributed by atoms with E-state index in [9.17, 15) is 27.5 Å². The Bertz CT molecular complexity index is 800. The van der Waals surface area contributed by atoms with E-state index in [4.69, 9.17) is 4.74 Å². The maximum Gasteiger partial charge on any atom is 0.416 e. The molecule has 1 aromatic rings. The van der Waals surface area contributed by atoms with E-state index in [2.05, 4.69) is 10.1 Å². The zero-order valence-corrected chi connectivity index (χ0v) is 13.6. The van der Waals surface area contributed by atoms with Crippen LogP contribution in [-0.2, 0) is 20.4 Å². The highest BCUT2D eigenvalue weighted by atomic mass is 19.4. The Kier molecular flexibility index (Phi) is 4.76. The summed E-state index contributed by atoms with van der Waals surface area (Å²) >= 11 is 0. The van der Waals surface area contributed by atoms with Crippen LogP contribution >= 0.6 is 0 Å². The molecule has 0 spiro atoms. The average Bonchev–Trinajstić information content (AvgIpc) is 2.99. The molecule has 0 amide bonds. The number of nitrogens with one attached hydrogen (secondary N) is 1. The first-order chi connectivity index (χ1) is 12.3. The number of carbonyl (C=O) groups excluding carboxylic acids is 1. The van der Waals surface area contributed by atoms with Crippen molar-refractivity contribution in [3.8, 4) is 0 Å². The molecule has 0 saturated carbocycles. The van der Waals surface area contributed by atoms with Gasteiger partial charge in [0.2, 0.25) is 0 Å². The molecule has 0 bridgehead atoms. The number of halogens is 4. The zero-order chi connectivity index (χ0) is 19.1. The van der Waals surface area contributed by atoms with Crippen molar-refractivity contribution >= 4 is 5.97 Å². The number of aliphatic hydroxyl groups excluding tert-OH is 1. The van der Waals surface area contributed by atoms with Crippen LogP contribution in [0.3, 0.4) is 0 Å². The highest BCUT2D eigenvalue weighted by molar-refractivity contribution is 5.93. The first kappa shape index (κ1) is 18.4. The molecule has 3 rings (SSSR count). The zero-order valence-electron chi connectivity index (χ0n) is 13.6. The summed E-state index contributed by atoms with van der Waals surface area (Å²) in [5, 5.41) is 12.7. The maximum absolute atomic E-state index is 13.5. The highest BCUT2D eigenvalue weighted by Crippen LogP contribution is 2.46. The molecule has 0 aromatic heterocycles. The molecular formula is C17H15F4NO4. The molecule has 2 N–H and O–H groups in total. The maximum atomic E-state index is 13.5. The molecule has 1 aromatic carbocycles. The second-order valence-corrected chi connectivity index (χ2v) is 5.76. The normalized spacial score (nSPS) is 23.0. The van der Waals surface area contributed by atoms with Gasteiger partial charge >= 0.3 is 12.1 Å². The number of alkyl halides is 4. The van der Waals surface area contributed by atoms with Crippen LogP contribution in [0, 0.1) is 0 Å². The van der Waals surface area contributed by atoms with E-state index in [0.29, 0.717) is 0 Å². The summed E-state index contributed by atoms with van der Waals surface area (Å²) in [4.78, 5) is 12.3. The van der Waals surface area contributed by atoms with E-state index in [0.717, 1.165) is 13.2 Å². The minimum atomic E-state index is -4.70. The Labute approximate surface area is 145 Å². The van der Waals surface area contributed by atoms with Gasteiger partial charge in [-0.3, -0.25) is 0 Å². The number of ether oxygens (including phenoxy) is 2. The molecule has 9 heteroatoms. The van der Waals surface area contributed by atoms with Crippen LogP contribution in [0.5, 0.6) is 0 Å². The first-order valence-corrected chi connectivity index (χ1v) is 7.62. The van der Waals surface area contributed by atoms with E-state index in [1.165, 1.54) is 18.2 Å². The molecule has 0 aliphatic carbocycles. The number of hydrogen-bond donors (Lipinski definition) is 2. The Morgan fingerprint density at radius 1 is 1.38 bits per heavy atom. The van der Waals surface area contributed by atoms with Gasteiger partial charge in [-0.05, 0) is 11.6 Å². The number of methoxy groups -OCH3 is 1. The molecule has 2 atom stereocenters. The van der Waals surface area contributed by atoms with Crippen LogP contribution in [0.1, 0.15) is 17.0 Å². The van der Waals surface area contributed by atoms with Gasteiger partial charge in [0.05, 0.1) is 30.6 Å². The van der Waals surface area contributed by atoms with Crippen molar-refractivity contribution in [1.29, 1.82) is 0 Å². The standard InChI is InChI=1S/C17H15F4NO4/c1-25-15(23)13-10(6-18)22-11-7-26-16(24)14(11)12(13)8-4-2-3-5-9(8)17(19,20)21/h2-5,12,16,22,24H,6-7H2,1H3/t12-,16?/m0/s1. The van der Waals surface area contributed by atoms with Crippen molar-refractivity contribution in [2.75, 3.05) is 20.4 Å². The number of allylic oxidation sites excluding steroid dienone is 1. The third kappa shape index (κ3) is 2.97. The van der Waals surface area contributed by atoms with Crippen molar-refractivity contribution in [3.63, 3.8) is 0 Å². The Morgan fingerprint density at radius 2 is 2.08 bits per heavy atom. The molecule has 1 unspecified atom stereocenters. The van der Waals surface area contributed by atoms with Crippen molar-refractivity contribution in [2.45, 2.75) is 18.4 Å². The summed E-state index contributed by atoms with van der Waals surface area (Å²) in [6.45, 7) is -1.26. The Morgan fingerprint density at radius 3 is 2.69 bits per heavy atom. The topological polar surface area (TPSA) is 67.8 Å². The van der Waals surface area contributed by atoms with Gasteiger partial charge in [0, 0.05) is 17.2 Å². The van der Waals surface area contributed by atoms with Crippen molar-refractivity contribution < 1.29 is 36.9 Å². The SMILES string of the molecule is COC(=O)C1=C(CF)NC2=C(C(O)OC2)[C@H]1c1ccccc1C(F)(F)F. The van der Waals surface area contributed by atoms with Crippen LogP contribution in [0.2, 0.25) is 0 Å². The van der Waals surface area contributed by atoms with Gasteiger partial charge in [0.25, 0.3) is 0 Å². The van der Waals surface area contributed by atoms with Crippen LogP contribution in [0.4, 0.5) is 17.6 Å². The van der Waals surface area contributed by atoms with Crippen molar-refractivity contribution in [1.82, 2.24) is 5.32 Å². The van der Waals surface area contributed by atoms with Gasteiger partial charge in [0.15, 0.2) is 6.29 Å². The fourth-order valence-electron chi connectivity index (χ4n) is 3.28. The van der Waals surface area contributed by atoms with E-state index >= 15 is 0 Å². The summed E-state index contributed by atoms with van der Waals surface area (Å²) in [5.74, 6) is -2.34.